The van der Waals surface area contributed by atoms with E-state index in [-0.39, 0.29) is 0 Å². The second kappa shape index (κ2) is 7.60. The van der Waals surface area contributed by atoms with Gasteiger partial charge in [0, 0.05) is 20.2 Å². The molecule has 0 bridgehead atoms. The molecule has 96 valence electrons. The van der Waals surface area contributed by atoms with Crippen LogP contribution in [0.15, 0.2) is 0 Å². The number of nitrogens with one attached hydrogen (secondary N) is 1. The molecule has 0 aromatic carbocycles. The van der Waals surface area contributed by atoms with Crippen LogP contribution in [0.25, 0.3) is 0 Å². The highest BCUT2D eigenvalue weighted by molar-refractivity contribution is 5.78. The zero-order chi connectivity index (χ0) is 12.6. The van der Waals surface area contributed by atoms with Crippen LogP contribution in [-0.4, -0.2) is 61.9 Å². The summed E-state index contributed by atoms with van der Waals surface area (Å²) < 4.78 is 5.01. The monoisotopic (exact) mass is 232 g/mol. The Hall–Kier alpha value is -0.650. The summed E-state index contributed by atoms with van der Waals surface area (Å²) in [5, 5.41) is 11.9. The van der Waals surface area contributed by atoms with E-state index in [1.807, 2.05) is 0 Å². The maximum Gasteiger partial charge on any atom is 0.323 e. The molecule has 0 fully saturated rings. The van der Waals surface area contributed by atoms with Crippen molar-refractivity contribution in [2.45, 2.75) is 25.8 Å². The van der Waals surface area contributed by atoms with Crippen LogP contribution in [0.2, 0.25) is 0 Å². The van der Waals surface area contributed by atoms with Crippen LogP contribution in [0.3, 0.4) is 0 Å². The Morgan fingerprint density at radius 3 is 2.50 bits per heavy atom. The molecule has 0 heterocycles. The fourth-order valence-electron chi connectivity index (χ4n) is 1.37. The Balaban J connectivity index is 4.12. The molecule has 5 heteroatoms. The summed E-state index contributed by atoms with van der Waals surface area (Å²) in [6.07, 6.45) is 0.580. The molecule has 2 N–H and O–H groups in total. The molecule has 0 aromatic heterocycles. The van der Waals surface area contributed by atoms with Crippen molar-refractivity contribution in [2.24, 2.45) is 0 Å². The second-order valence-corrected chi connectivity index (χ2v) is 4.06. The summed E-state index contributed by atoms with van der Waals surface area (Å²) in [6.45, 7) is 6.95. The third-order valence-electron chi connectivity index (χ3n) is 3.01. The van der Waals surface area contributed by atoms with Gasteiger partial charge in [0.05, 0.1) is 6.61 Å². The first kappa shape index (κ1) is 15.3. The Bertz CT molecular complexity index is 211. The van der Waals surface area contributed by atoms with Crippen molar-refractivity contribution in [3.05, 3.63) is 0 Å². The average molecular weight is 232 g/mol. The number of carbonyl (C=O) groups is 1. The number of carboxylic acids is 1. The number of hydrogen-bond donors (Lipinski definition) is 2. The molecule has 0 radical (unpaired) electrons. The molecule has 0 rings (SSSR count). The van der Waals surface area contributed by atoms with Crippen LogP contribution < -0.4 is 5.32 Å². The van der Waals surface area contributed by atoms with E-state index < -0.39 is 11.5 Å². The van der Waals surface area contributed by atoms with Gasteiger partial charge in [-0.05, 0) is 26.9 Å². The van der Waals surface area contributed by atoms with Crippen molar-refractivity contribution < 1.29 is 14.6 Å². The number of carboxylic acid groups (broad SMARTS) is 1. The lowest BCUT2D eigenvalue weighted by Crippen LogP contribution is -2.49. The van der Waals surface area contributed by atoms with E-state index in [4.69, 9.17) is 9.84 Å². The molecule has 1 atom stereocenters. The number of hydrogen-bond acceptors (Lipinski definition) is 4. The molecule has 0 aliphatic carbocycles. The summed E-state index contributed by atoms with van der Waals surface area (Å²) in [5.41, 5.74) is -0.847. The molecule has 16 heavy (non-hydrogen) atoms. The second-order valence-electron chi connectivity index (χ2n) is 4.06. The minimum absolute atomic E-state index is 0.580. The first-order chi connectivity index (χ1) is 7.50. The van der Waals surface area contributed by atoms with Gasteiger partial charge in [-0.3, -0.25) is 4.79 Å². The summed E-state index contributed by atoms with van der Waals surface area (Å²) >= 11 is 0. The third-order valence-corrected chi connectivity index (χ3v) is 3.01. The van der Waals surface area contributed by atoms with Crippen molar-refractivity contribution in [3.63, 3.8) is 0 Å². The summed E-state index contributed by atoms with van der Waals surface area (Å²) in [4.78, 5) is 13.2. The maximum absolute atomic E-state index is 11.1. The Labute approximate surface area is 97.8 Å². The number of likely N-dealkylation sites (N-methyl/N-ethyl adjacent to an activating group) is 2. The predicted molar refractivity (Wildman–Crippen MR) is 63.7 cm³/mol. The molecule has 0 saturated carbocycles. The van der Waals surface area contributed by atoms with Crippen molar-refractivity contribution >= 4 is 5.97 Å². The molecule has 0 aliphatic rings. The molecule has 0 saturated heterocycles. The van der Waals surface area contributed by atoms with Crippen LogP contribution in [-0.2, 0) is 9.53 Å². The van der Waals surface area contributed by atoms with E-state index in [9.17, 15) is 4.79 Å². The molecule has 5 nitrogen and oxygen atoms in total. The van der Waals surface area contributed by atoms with E-state index in [1.165, 1.54) is 0 Å². The lowest BCUT2D eigenvalue weighted by Gasteiger charge is -2.28. The first-order valence-corrected chi connectivity index (χ1v) is 5.63. The molecule has 0 amide bonds. The summed E-state index contributed by atoms with van der Waals surface area (Å²) in [6, 6.07) is 0. The molecule has 1 unspecified atom stereocenters. The fraction of sp³-hybridized carbons (Fsp3) is 0.909. The first-order valence-electron chi connectivity index (χ1n) is 5.63. The number of ether oxygens (including phenoxy) is 1. The van der Waals surface area contributed by atoms with Gasteiger partial charge in [-0.15, -0.1) is 0 Å². The largest absolute Gasteiger partial charge is 0.480 e. The molecule has 0 aromatic rings. The minimum atomic E-state index is -0.847. The molecular weight excluding hydrogens is 208 g/mol. The number of nitrogens with zero attached hydrogens (tertiary/aromatic N) is 1. The van der Waals surface area contributed by atoms with Crippen molar-refractivity contribution in [3.8, 4) is 0 Å². The van der Waals surface area contributed by atoms with Crippen LogP contribution in [0, 0.1) is 0 Å². The zero-order valence-electron chi connectivity index (χ0n) is 10.7. The van der Waals surface area contributed by atoms with Gasteiger partial charge in [0.1, 0.15) is 5.54 Å². The van der Waals surface area contributed by atoms with Gasteiger partial charge < -0.3 is 20.1 Å². The van der Waals surface area contributed by atoms with Crippen LogP contribution in [0.4, 0.5) is 0 Å². The normalized spacial score (nSPS) is 15.1. The highest BCUT2D eigenvalue weighted by Crippen LogP contribution is 2.10. The number of methoxy groups -OCH3 is 1. The Morgan fingerprint density at radius 1 is 1.50 bits per heavy atom. The minimum Gasteiger partial charge on any atom is -0.480 e. The van der Waals surface area contributed by atoms with E-state index in [1.54, 1.807) is 21.1 Å². The van der Waals surface area contributed by atoms with Crippen LogP contribution in [0.5, 0.6) is 0 Å². The van der Waals surface area contributed by atoms with Gasteiger partial charge in [0.2, 0.25) is 0 Å². The van der Waals surface area contributed by atoms with Gasteiger partial charge in [-0.25, -0.2) is 0 Å². The molecular formula is C11H24N2O3. The Kier molecular flexibility index (Phi) is 7.29. The highest BCUT2D eigenvalue weighted by atomic mass is 16.5. The highest BCUT2D eigenvalue weighted by Gasteiger charge is 2.30. The van der Waals surface area contributed by atoms with Gasteiger partial charge in [-0.2, -0.15) is 0 Å². The SMILES string of the molecule is CCN(CCOC)CCC(C)(NC)C(=O)O. The maximum atomic E-state index is 11.1. The van der Waals surface area contributed by atoms with Crippen molar-refractivity contribution in [2.75, 3.05) is 40.4 Å². The Morgan fingerprint density at radius 2 is 2.12 bits per heavy atom. The number of aliphatic carboxylic acids is 1. The van der Waals surface area contributed by atoms with E-state index >= 15 is 0 Å². The zero-order valence-corrected chi connectivity index (χ0v) is 10.7. The van der Waals surface area contributed by atoms with E-state index in [2.05, 4.69) is 17.1 Å². The average Bonchev–Trinajstić information content (AvgIpc) is 2.28. The van der Waals surface area contributed by atoms with Crippen molar-refractivity contribution in [1.82, 2.24) is 10.2 Å². The molecule has 0 aliphatic heterocycles. The lowest BCUT2D eigenvalue weighted by atomic mass is 9.98. The molecule has 0 spiro atoms. The van der Waals surface area contributed by atoms with E-state index in [0.29, 0.717) is 13.0 Å². The van der Waals surface area contributed by atoms with Crippen molar-refractivity contribution in [1.29, 1.82) is 0 Å². The number of rotatable bonds is 9. The fourth-order valence-corrected chi connectivity index (χ4v) is 1.37. The predicted octanol–water partition coefficient (Wildman–Crippen LogP) is 0.408. The van der Waals surface area contributed by atoms with Gasteiger partial charge in [0.15, 0.2) is 0 Å². The van der Waals surface area contributed by atoms with Crippen LogP contribution in [0.1, 0.15) is 20.3 Å². The van der Waals surface area contributed by atoms with E-state index in [0.717, 1.165) is 19.6 Å². The smallest absolute Gasteiger partial charge is 0.323 e. The third kappa shape index (κ3) is 4.92. The van der Waals surface area contributed by atoms with Gasteiger partial charge in [-0.1, -0.05) is 6.92 Å². The standard InChI is InChI=1S/C11H24N2O3/c1-5-13(8-9-16-4)7-6-11(2,12-3)10(14)15/h12H,5-9H2,1-4H3,(H,14,15). The van der Waals surface area contributed by atoms with Crippen LogP contribution >= 0.6 is 0 Å². The lowest BCUT2D eigenvalue weighted by molar-refractivity contribution is -0.144. The van der Waals surface area contributed by atoms with Gasteiger partial charge >= 0.3 is 5.97 Å². The topological polar surface area (TPSA) is 61.8 Å². The van der Waals surface area contributed by atoms with Gasteiger partial charge in [0.25, 0.3) is 0 Å². The summed E-state index contributed by atoms with van der Waals surface area (Å²) in [5.74, 6) is -0.808. The summed E-state index contributed by atoms with van der Waals surface area (Å²) in [7, 11) is 3.35. The quantitative estimate of drug-likeness (QED) is 0.603.